The Labute approximate surface area is 184 Å². The second kappa shape index (κ2) is 10.5. The molecule has 162 valence electrons. The fraction of sp³-hybridized carbons (Fsp3) is 0.333. The minimum atomic E-state index is 0.0860. The first kappa shape index (κ1) is 21.4. The molecule has 1 saturated heterocycles. The van der Waals surface area contributed by atoms with Gasteiger partial charge in [-0.15, -0.1) is 0 Å². The molecule has 1 unspecified atom stereocenters. The maximum atomic E-state index is 9.74. The van der Waals surface area contributed by atoms with E-state index in [-0.39, 0.29) is 12.6 Å². The summed E-state index contributed by atoms with van der Waals surface area (Å²) in [4.78, 5) is 2.38. The van der Waals surface area contributed by atoms with Crippen molar-refractivity contribution < 1.29 is 9.84 Å². The van der Waals surface area contributed by atoms with E-state index >= 15 is 0 Å². The molecule has 1 aliphatic heterocycles. The molecule has 1 fully saturated rings. The number of piperidine rings is 1. The predicted octanol–water partition coefficient (Wildman–Crippen LogP) is 4.25. The molecule has 1 heterocycles. The van der Waals surface area contributed by atoms with Gasteiger partial charge in [-0.1, -0.05) is 60.7 Å². The van der Waals surface area contributed by atoms with Gasteiger partial charge in [-0.05, 0) is 67.3 Å². The SMILES string of the molecule is Nc1cc2ccc1=2.OCC(COc1ccccc1)N1CCC(Cc2ccccc2)CC1. The zero-order chi connectivity index (χ0) is 21.5. The van der Waals surface area contributed by atoms with E-state index in [1.165, 1.54) is 35.3 Å². The molecule has 3 aliphatic rings. The van der Waals surface area contributed by atoms with Crippen LogP contribution in [0, 0.1) is 16.4 Å². The van der Waals surface area contributed by atoms with Gasteiger partial charge in [0.25, 0.3) is 0 Å². The number of nitrogen functional groups attached to an aromatic ring is 1. The summed E-state index contributed by atoms with van der Waals surface area (Å²) in [5.74, 6) is 1.62. The Balaban J connectivity index is 0.000000275. The maximum absolute atomic E-state index is 9.74. The Bertz CT molecular complexity index is 1030. The summed E-state index contributed by atoms with van der Waals surface area (Å²) < 4.78 is 5.83. The second-order valence-corrected chi connectivity index (χ2v) is 8.43. The standard InChI is InChI=1S/C21H27NO2.C6H5N/c23-16-20(17-24-21-9-5-2-6-10-21)22-13-11-19(12-14-22)15-18-7-3-1-4-8-18;7-6-3-4-1-2-5(4)6/h1-10,19-20,23H,11-17H2;1-3H,7H2. The topological polar surface area (TPSA) is 58.7 Å². The lowest BCUT2D eigenvalue weighted by Gasteiger charge is -2.36. The smallest absolute Gasteiger partial charge is 0.119 e. The summed E-state index contributed by atoms with van der Waals surface area (Å²) >= 11 is 0. The third kappa shape index (κ3) is 5.66. The van der Waals surface area contributed by atoms with Gasteiger partial charge in [-0.25, -0.2) is 0 Å². The molecule has 0 spiro atoms. The summed E-state index contributed by atoms with van der Waals surface area (Å²) in [5.41, 5.74) is 7.79. The van der Waals surface area contributed by atoms with E-state index in [4.69, 9.17) is 10.5 Å². The molecular weight excluding hydrogens is 384 g/mol. The van der Waals surface area contributed by atoms with Crippen molar-refractivity contribution in [2.75, 3.05) is 32.0 Å². The van der Waals surface area contributed by atoms with E-state index in [9.17, 15) is 5.11 Å². The van der Waals surface area contributed by atoms with Gasteiger partial charge >= 0.3 is 0 Å². The van der Waals surface area contributed by atoms with Crippen LogP contribution in [0.2, 0.25) is 0 Å². The van der Waals surface area contributed by atoms with Crippen molar-refractivity contribution in [3.8, 4) is 5.75 Å². The average molecular weight is 417 g/mol. The Morgan fingerprint density at radius 1 is 0.935 bits per heavy atom. The third-order valence-corrected chi connectivity index (χ3v) is 6.29. The summed E-state index contributed by atoms with van der Waals surface area (Å²) in [7, 11) is 0. The van der Waals surface area contributed by atoms with E-state index in [1.807, 2.05) is 42.5 Å². The third-order valence-electron chi connectivity index (χ3n) is 6.29. The molecule has 3 N–H and O–H groups in total. The Morgan fingerprint density at radius 2 is 1.61 bits per heavy atom. The zero-order valence-corrected chi connectivity index (χ0v) is 18.0. The van der Waals surface area contributed by atoms with Gasteiger partial charge in [0.1, 0.15) is 12.4 Å². The van der Waals surface area contributed by atoms with Gasteiger partial charge in [0, 0.05) is 10.9 Å². The summed E-state index contributed by atoms with van der Waals surface area (Å²) in [5, 5.41) is 12.3. The number of anilines is 1. The Hall–Kier alpha value is -2.82. The highest BCUT2D eigenvalue weighted by Gasteiger charge is 2.25. The van der Waals surface area contributed by atoms with Crippen molar-refractivity contribution in [2.45, 2.75) is 25.3 Å². The highest BCUT2D eigenvalue weighted by atomic mass is 16.5. The number of para-hydroxylation sites is 1. The number of hydrogen-bond donors (Lipinski definition) is 2. The van der Waals surface area contributed by atoms with Gasteiger partial charge in [0.15, 0.2) is 0 Å². The van der Waals surface area contributed by atoms with Crippen LogP contribution in [0.1, 0.15) is 18.4 Å². The first-order valence-corrected chi connectivity index (χ1v) is 11.2. The molecule has 4 nitrogen and oxygen atoms in total. The minimum Gasteiger partial charge on any atom is -0.492 e. The number of ether oxygens (including phenoxy) is 1. The second-order valence-electron chi connectivity index (χ2n) is 8.43. The summed E-state index contributed by atoms with van der Waals surface area (Å²) in [6.07, 6.45) is 3.55. The molecule has 31 heavy (non-hydrogen) atoms. The molecule has 1 atom stereocenters. The molecule has 0 aromatic heterocycles. The number of nitrogens with two attached hydrogens (primary N) is 1. The van der Waals surface area contributed by atoms with Crippen molar-refractivity contribution in [3.05, 3.63) is 94.9 Å². The van der Waals surface area contributed by atoms with Crippen LogP contribution in [0.3, 0.4) is 0 Å². The van der Waals surface area contributed by atoms with Crippen molar-refractivity contribution in [1.82, 2.24) is 4.90 Å². The number of hydrogen-bond acceptors (Lipinski definition) is 4. The van der Waals surface area contributed by atoms with E-state index in [2.05, 4.69) is 41.3 Å². The zero-order valence-electron chi connectivity index (χ0n) is 18.0. The first-order chi connectivity index (χ1) is 15.2. The van der Waals surface area contributed by atoms with Crippen LogP contribution in [0.4, 0.5) is 5.69 Å². The highest BCUT2D eigenvalue weighted by molar-refractivity contribution is 5.50. The van der Waals surface area contributed by atoms with Gasteiger partial charge in [0.05, 0.1) is 12.6 Å². The van der Waals surface area contributed by atoms with Crippen LogP contribution in [0.15, 0.2) is 78.9 Å². The van der Waals surface area contributed by atoms with Gasteiger partial charge in [0.2, 0.25) is 0 Å². The van der Waals surface area contributed by atoms with E-state index in [1.54, 1.807) is 0 Å². The molecule has 0 bridgehead atoms. The van der Waals surface area contributed by atoms with Crippen LogP contribution in [-0.2, 0) is 6.42 Å². The number of benzene rings is 3. The molecule has 4 heteroatoms. The van der Waals surface area contributed by atoms with Crippen LogP contribution in [-0.4, -0.2) is 42.4 Å². The molecule has 2 aromatic carbocycles. The number of aliphatic hydroxyl groups excluding tert-OH is 1. The summed E-state index contributed by atoms with van der Waals surface area (Å²) in [6.45, 7) is 2.78. The van der Waals surface area contributed by atoms with Crippen LogP contribution < -0.4 is 10.5 Å². The van der Waals surface area contributed by atoms with Crippen molar-refractivity contribution in [3.63, 3.8) is 0 Å². The molecule has 0 radical (unpaired) electrons. The fourth-order valence-corrected chi connectivity index (χ4v) is 4.27. The van der Waals surface area contributed by atoms with Crippen molar-refractivity contribution in [2.24, 2.45) is 5.92 Å². The lowest BCUT2D eigenvalue weighted by Crippen LogP contribution is -2.46. The number of likely N-dealkylation sites (tertiary alicyclic amines) is 1. The molecule has 0 saturated carbocycles. The van der Waals surface area contributed by atoms with Gasteiger partial charge in [-0.2, -0.15) is 0 Å². The number of aliphatic hydroxyl groups is 1. The highest BCUT2D eigenvalue weighted by Crippen LogP contribution is 2.23. The number of rotatable bonds is 7. The van der Waals surface area contributed by atoms with Crippen molar-refractivity contribution in [1.29, 1.82) is 0 Å². The van der Waals surface area contributed by atoms with E-state index < -0.39 is 0 Å². The van der Waals surface area contributed by atoms with Crippen LogP contribution in [0.25, 0.3) is 0 Å². The molecular formula is C27H32N2O2. The first-order valence-electron chi connectivity index (χ1n) is 11.2. The van der Waals surface area contributed by atoms with Crippen molar-refractivity contribution >= 4 is 5.69 Å². The molecule has 0 amide bonds. The fourth-order valence-electron chi connectivity index (χ4n) is 4.27. The normalized spacial score (nSPS) is 16.2. The maximum Gasteiger partial charge on any atom is 0.119 e. The lowest BCUT2D eigenvalue weighted by molar-refractivity contribution is 0.0561. The number of nitrogens with zero attached hydrogens (tertiary/aromatic N) is 1. The molecule has 5 rings (SSSR count). The largest absolute Gasteiger partial charge is 0.492 e. The van der Waals surface area contributed by atoms with Crippen LogP contribution >= 0.6 is 0 Å². The molecule has 2 aliphatic carbocycles. The van der Waals surface area contributed by atoms with Gasteiger partial charge < -0.3 is 15.6 Å². The predicted molar refractivity (Wildman–Crippen MR) is 126 cm³/mol. The average Bonchev–Trinajstić information content (AvgIpc) is 2.80. The van der Waals surface area contributed by atoms with E-state index in [0.29, 0.717) is 6.61 Å². The molecule has 2 aromatic rings. The van der Waals surface area contributed by atoms with Crippen LogP contribution in [0.5, 0.6) is 5.75 Å². The summed E-state index contributed by atoms with van der Waals surface area (Å²) in [6, 6.07) is 26.7. The quantitative estimate of drug-likeness (QED) is 0.442. The minimum absolute atomic E-state index is 0.0860. The van der Waals surface area contributed by atoms with Gasteiger partial charge in [-0.3, -0.25) is 4.90 Å². The lowest BCUT2D eigenvalue weighted by atomic mass is 9.89. The van der Waals surface area contributed by atoms with E-state index in [0.717, 1.165) is 30.4 Å². The Kier molecular flexibility index (Phi) is 7.23. The Morgan fingerprint density at radius 3 is 2.10 bits per heavy atom. The monoisotopic (exact) mass is 416 g/mol.